The molecule has 18 heavy (non-hydrogen) atoms. The number of rotatable bonds is 5. The first kappa shape index (κ1) is 13.1. The minimum Gasteiger partial charge on any atom is -0.393 e. The lowest BCUT2D eigenvalue weighted by atomic mass is 9.96. The van der Waals surface area contributed by atoms with Crippen LogP contribution in [0.2, 0.25) is 0 Å². The van der Waals surface area contributed by atoms with Crippen molar-refractivity contribution in [1.29, 1.82) is 0 Å². The van der Waals surface area contributed by atoms with E-state index in [2.05, 4.69) is 56.3 Å². The van der Waals surface area contributed by atoms with Crippen molar-refractivity contribution in [1.82, 2.24) is 0 Å². The highest BCUT2D eigenvalue weighted by molar-refractivity contribution is 5.85. The number of hydrogen-bond donors (Lipinski definition) is 1. The van der Waals surface area contributed by atoms with Gasteiger partial charge in [-0.2, -0.15) is 0 Å². The summed E-state index contributed by atoms with van der Waals surface area (Å²) in [5.74, 6) is 0.659. The maximum Gasteiger partial charge on any atom is 0.0580 e. The third kappa shape index (κ3) is 3.33. The molecule has 0 amide bonds. The summed E-state index contributed by atoms with van der Waals surface area (Å²) in [6.07, 6.45) is 2.51. The first-order valence-electron chi connectivity index (χ1n) is 6.81. The molecule has 0 aliphatic heterocycles. The van der Waals surface area contributed by atoms with Crippen molar-refractivity contribution in [3.63, 3.8) is 0 Å². The van der Waals surface area contributed by atoms with Gasteiger partial charge in [0.15, 0.2) is 0 Å². The number of benzene rings is 2. The average molecular weight is 242 g/mol. The highest BCUT2D eigenvalue weighted by atomic mass is 16.3. The molecule has 0 bridgehead atoms. The van der Waals surface area contributed by atoms with Crippen LogP contribution in [0.4, 0.5) is 0 Å². The Labute approximate surface area is 109 Å². The van der Waals surface area contributed by atoms with E-state index in [1.165, 1.54) is 16.3 Å². The van der Waals surface area contributed by atoms with Crippen molar-refractivity contribution in [3.8, 4) is 0 Å². The van der Waals surface area contributed by atoms with E-state index >= 15 is 0 Å². The van der Waals surface area contributed by atoms with E-state index < -0.39 is 0 Å². The topological polar surface area (TPSA) is 20.2 Å². The van der Waals surface area contributed by atoms with Gasteiger partial charge in [-0.3, -0.25) is 0 Å². The fraction of sp³-hybridized carbons (Fsp3) is 0.412. The Hall–Kier alpha value is -1.34. The van der Waals surface area contributed by atoms with E-state index in [0.29, 0.717) is 5.92 Å². The van der Waals surface area contributed by atoms with Gasteiger partial charge >= 0.3 is 0 Å². The largest absolute Gasteiger partial charge is 0.393 e. The lowest BCUT2D eigenvalue weighted by molar-refractivity contribution is 0.157. The van der Waals surface area contributed by atoms with Crippen LogP contribution < -0.4 is 0 Å². The van der Waals surface area contributed by atoms with E-state index in [-0.39, 0.29) is 6.10 Å². The minimum absolute atomic E-state index is 0.224. The van der Waals surface area contributed by atoms with Gasteiger partial charge in [0, 0.05) is 0 Å². The summed E-state index contributed by atoms with van der Waals surface area (Å²) in [6.45, 7) is 4.40. The zero-order valence-corrected chi connectivity index (χ0v) is 11.3. The average Bonchev–Trinajstić information content (AvgIpc) is 2.37. The molecule has 96 valence electrons. The summed E-state index contributed by atoms with van der Waals surface area (Å²) in [4.78, 5) is 0. The molecule has 0 aliphatic carbocycles. The molecule has 0 saturated heterocycles. The molecule has 0 radical (unpaired) electrons. The molecular formula is C17H22O. The van der Waals surface area contributed by atoms with Crippen LogP contribution in [0.15, 0.2) is 42.5 Å². The minimum atomic E-state index is -0.224. The van der Waals surface area contributed by atoms with Crippen molar-refractivity contribution >= 4 is 10.8 Å². The molecule has 0 spiro atoms. The lowest BCUT2D eigenvalue weighted by Crippen LogP contribution is -2.11. The van der Waals surface area contributed by atoms with Gasteiger partial charge in [-0.05, 0) is 41.5 Å². The van der Waals surface area contributed by atoms with E-state index in [1.807, 2.05) is 0 Å². The molecule has 1 N–H and O–H groups in total. The van der Waals surface area contributed by atoms with Crippen LogP contribution >= 0.6 is 0 Å². The monoisotopic (exact) mass is 242 g/mol. The zero-order chi connectivity index (χ0) is 13.0. The molecule has 1 heteroatoms. The van der Waals surface area contributed by atoms with Crippen LogP contribution in [0, 0.1) is 5.92 Å². The third-order valence-electron chi connectivity index (χ3n) is 3.41. The van der Waals surface area contributed by atoms with Gasteiger partial charge in [-0.1, -0.05) is 56.3 Å². The summed E-state index contributed by atoms with van der Waals surface area (Å²) < 4.78 is 0. The van der Waals surface area contributed by atoms with Crippen molar-refractivity contribution in [3.05, 3.63) is 48.0 Å². The maximum atomic E-state index is 10.1. The highest BCUT2D eigenvalue weighted by Gasteiger charge is 2.09. The van der Waals surface area contributed by atoms with E-state index in [0.717, 1.165) is 19.3 Å². The molecule has 0 aromatic heterocycles. The number of aliphatic hydroxyl groups is 1. The standard InChI is InChI=1S/C17H22O/c1-13(2)10-11-16(18)12-15-8-5-7-14-6-3-4-9-17(14)15/h3-9,13,16,18H,10-12H2,1-2H3. The summed E-state index contributed by atoms with van der Waals surface area (Å²) >= 11 is 0. The van der Waals surface area contributed by atoms with Crippen molar-refractivity contribution in [2.75, 3.05) is 0 Å². The van der Waals surface area contributed by atoms with Crippen LogP contribution in [0.25, 0.3) is 10.8 Å². The maximum absolute atomic E-state index is 10.1. The quantitative estimate of drug-likeness (QED) is 0.834. The Bertz CT molecular complexity index is 496. The smallest absolute Gasteiger partial charge is 0.0580 e. The summed E-state index contributed by atoms with van der Waals surface area (Å²) in [6, 6.07) is 14.7. The Kier molecular flexibility index (Phi) is 4.38. The summed E-state index contributed by atoms with van der Waals surface area (Å²) in [7, 11) is 0. The number of aliphatic hydroxyl groups excluding tert-OH is 1. The first-order chi connectivity index (χ1) is 8.66. The van der Waals surface area contributed by atoms with Gasteiger partial charge in [-0.25, -0.2) is 0 Å². The SMILES string of the molecule is CC(C)CCC(O)Cc1cccc2ccccc12. The molecule has 1 nitrogen and oxygen atoms in total. The zero-order valence-electron chi connectivity index (χ0n) is 11.3. The van der Waals surface area contributed by atoms with Crippen LogP contribution in [0.5, 0.6) is 0 Å². The fourth-order valence-corrected chi connectivity index (χ4v) is 2.35. The van der Waals surface area contributed by atoms with Crippen LogP contribution in [0.1, 0.15) is 32.3 Å². The fourth-order valence-electron chi connectivity index (χ4n) is 2.35. The number of hydrogen-bond acceptors (Lipinski definition) is 1. The Balaban J connectivity index is 2.11. The van der Waals surface area contributed by atoms with Crippen LogP contribution in [-0.2, 0) is 6.42 Å². The summed E-state index contributed by atoms with van der Waals surface area (Å²) in [5.41, 5.74) is 1.25. The molecule has 0 fully saturated rings. The molecule has 0 saturated carbocycles. The third-order valence-corrected chi connectivity index (χ3v) is 3.41. The Morgan fingerprint density at radius 1 is 0.944 bits per heavy atom. The molecule has 1 unspecified atom stereocenters. The second-order valence-corrected chi connectivity index (χ2v) is 5.47. The van der Waals surface area contributed by atoms with Gasteiger partial charge in [-0.15, -0.1) is 0 Å². The molecule has 0 aliphatic rings. The Morgan fingerprint density at radius 3 is 2.44 bits per heavy atom. The van der Waals surface area contributed by atoms with E-state index in [1.54, 1.807) is 0 Å². The molecule has 2 aromatic rings. The predicted octanol–water partition coefficient (Wildman–Crippen LogP) is 4.18. The molecular weight excluding hydrogens is 220 g/mol. The van der Waals surface area contributed by atoms with Gasteiger partial charge in [0.05, 0.1) is 6.10 Å². The second-order valence-electron chi connectivity index (χ2n) is 5.47. The Morgan fingerprint density at radius 2 is 1.67 bits per heavy atom. The van der Waals surface area contributed by atoms with Gasteiger partial charge in [0.2, 0.25) is 0 Å². The molecule has 0 heterocycles. The predicted molar refractivity (Wildman–Crippen MR) is 77.7 cm³/mol. The second kappa shape index (κ2) is 6.01. The lowest BCUT2D eigenvalue weighted by Gasteiger charge is -2.13. The van der Waals surface area contributed by atoms with E-state index in [4.69, 9.17) is 0 Å². The van der Waals surface area contributed by atoms with E-state index in [9.17, 15) is 5.11 Å². The highest BCUT2D eigenvalue weighted by Crippen LogP contribution is 2.21. The molecule has 2 rings (SSSR count). The van der Waals surface area contributed by atoms with Crippen molar-refractivity contribution in [2.24, 2.45) is 5.92 Å². The van der Waals surface area contributed by atoms with Gasteiger partial charge < -0.3 is 5.11 Å². The van der Waals surface area contributed by atoms with Gasteiger partial charge in [0.25, 0.3) is 0 Å². The summed E-state index contributed by atoms with van der Waals surface area (Å²) in [5, 5.41) is 12.6. The van der Waals surface area contributed by atoms with Crippen LogP contribution in [-0.4, -0.2) is 11.2 Å². The number of fused-ring (bicyclic) bond motifs is 1. The van der Waals surface area contributed by atoms with Crippen molar-refractivity contribution < 1.29 is 5.11 Å². The first-order valence-corrected chi connectivity index (χ1v) is 6.81. The van der Waals surface area contributed by atoms with Crippen LogP contribution in [0.3, 0.4) is 0 Å². The molecule has 2 aromatic carbocycles. The molecule has 1 atom stereocenters. The normalized spacial score (nSPS) is 13.1. The van der Waals surface area contributed by atoms with Crippen molar-refractivity contribution in [2.45, 2.75) is 39.2 Å². The van der Waals surface area contributed by atoms with Gasteiger partial charge in [0.1, 0.15) is 0 Å².